The third-order valence-corrected chi connectivity index (χ3v) is 4.62. The van der Waals surface area contributed by atoms with Crippen molar-refractivity contribution in [1.29, 1.82) is 0 Å². The Balaban J connectivity index is 1.76. The average Bonchev–Trinajstić information content (AvgIpc) is 2.65. The van der Waals surface area contributed by atoms with E-state index in [9.17, 15) is 4.79 Å². The minimum atomic E-state index is -0.0403. The van der Waals surface area contributed by atoms with Gasteiger partial charge in [-0.3, -0.25) is 4.79 Å². The lowest BCUT2D eigenvalue weighted by Crippen LogP contribution is -2.02. The van der Waals surface area contributed by atoms with E-state index in [1.165, 1.54) is 12.8 Å². The van der Waals surface area contributed by atoms with Gasteiger partial charge in [0.05, 0.1) is 12.0 Å². The number of ether oxygens (including phenoxy) is 1. The lowest BCUT2D eigenvalue weighted by Gasteiger charge is -2.08. The summed E-state index contributed by atoms with van der Waals surface area (Å²) in [5.74, 6) is 1.31. The topological polar surface area (TPSA) is 39.4 Å². The van der Waals surface area contributed by atoms with Crippen molar-refractivity contribution in [3.05, 3.63) is 64.8 Å². The Labute approximate surface area is 155 Å². The van der Waals surface area contributed by atoms with Gasteiger partial charge in [-0.15, -0.1) is 0 Å². The van der Waals surface area contributed by atoms with Crippen LogP contribution in [0, 0.1) is 0 Å². The number of alkyl halides is 1. The zero-order valence-electron chi connectivity index (χ0n) is 14.0. The third-order valence-electron chi connectivity index (χ3n) is 4.06. The van der Waals surface area contributed by atoms with Gasteiger partial charge in [0, 0.05) is 23.0 Å². The van der Waals surface area contributed by atoms with Crippen molar-refractivity contribution in [2.24, 2.45) is 0 Å². The number of fused-ring (bicyclic) bond motifs is 1. The molecule has 1 heterocycles. The number of halogens is 1. The van der Waals surface area contributed by atoms with Crippen LogP contribution in [0.3, 0.4) is 0 Å². The normalized spacial score (nSPS) is 10.9. The maximum atomic E-state index is 12.3. The van der Waals surface area contributed by atoms with Crippen molar-refractivity contribution in [3.8, 4) is 17.1 Å². The van der Waals surface area contributed by atoms with Crippen LogP contribution in [0.1, 0.15) is 25.7 Å². The van der Waals surface area contributed by atoms with E-state index in [0.717, 1.165) is 29.5 Å². The molecule has 25 heavy (non-hydrogen) atoms. The molecule has 0 bridgehead atoms. The van der Waals surface area contributed by atoms with Gasteiger partial charge in [-0.2, -0.15) is 0 Å². The van der Waals surface area contributed by atoms with Crippen LogP contribution in [-0.2, 0) is 0 Å². The second kappa shape index (κ2) is 8.86. The van der Waals surface area contributed by atoms with E-state index in [-0.39, 0.29) is 5.43 Å². The Morgan fingerprint density at radius 2 is 1.72 bits per heavy atom. The van der Waals surface area contributed by atoms with Crippen molar-refractivity contribution in [2.45, 2.75) is 25.7 Å². The van der Waals surface area contributed by atoms with Gasteiger partial charge in [-0.1, -0.05) is 59.1 Å². The fourth-order valence-corrected chi connectivity index (χ4v) is 3.11. The molecule has 0 radical (unpaired) electrons. The molecule has 4 heteroatoms. The predicted molar refractivity (Wildman–Crippen MR) is 106 cm³/mol. The van der Waals surface area contributed by atoms with Crippen LogP contribution in [0.25, 0.3) is 22.3 Å². The molecule has 130 valence electrons. The molecule has 0 saturated heterocycles. The van der Waals surface area contributed by atoms with Crippen LogP contribution in [0.2, 0.25) is 0 Å². The largest absolute Gasteiger partial charge is 0.493 e. The molecule has 0 saturated carbocycles. The highest BCUT2D eigenvalue weighted by Crippen LogP contribution is 2.25. The summed E-state index contributed by atoms with van der Waals surface area (Å²) in [4.78, 5) is 12.3. The molecule has 3 nitrogen and oxygen atoms in total. The van der Waals surface area contributed by atoms with Gasteiger partial charge in [0.25, 0.3) is 0 Å². The Bertz CT molecular complexity index is 871. The summed E-state index contributed by atoms with van der Waals surface area (Å²) in [6.07, 6.45) is 4.59. The molecule has 3 rings (SSSR count). The fraction of sp³-hybridized carbons (Fsp3) is 0.286. The molecular formula is C21H21BrO3. The van der Waals surface area contributed by atoms with E-state index in [1.54, 1.807) is 12.1 Å². The van der Waals surface area contributed by atoms with E-state index in [4.69, 9.17) is 9.15 Å². The van der Waals surface area contributed by atoms with Crippen LogP contribution in [0.4, 0.5) is 0 Å². The summed E-state index contributed by atoms with van der Waals surface area (Å²) in [6, 6.07) is 16.6. The van der Waals surface area contributed by atoms with Crippen molar-refractivity contribution >= 4 is 26.9 Å². The van der Waals surface area contributed by atoms with Gasteiger partial charge in [-0.05, 0) is 25.0 Å². The van der Waals surface area contributed by atoms with Crippen LogP contribution in [0.15, 0.2) is 63.8 Å². The first kappa shape index (κ1) is 17.7. The molecule has 3 aromatic rings. The van der Waals surface area contributed by atoms with Crippen molar-refractivity contribution in [3.63, 3.8) is 0 Å². The Kier molecular flexibility index (Phi) is 6.29. The molecule has 0 amide bonds. The van der Waals surface area contributed by atoms with Crippen LogP contribution in [-0.4, -0.2) is 11.9 Å². The molecule has 0 aliphatic carbocycles. The van der Waals surface area contributed by atoms with Crippen LogP contribution >= 0.6 is 15.9 Å². The molecule has 0 unspecified atom stereocenters. The fourth-order valence-electron chi connectivity index (χ4n) is 2.71. The molecule has 0 aliphatic rings. The molecule has 0 fully saturated rings. The van der Waals surface area contributed by atoms with Crippen molar-refractivity contribution in [1.82, 2.24) is 0 Å². The summed E-state index contributed by atoms with van der Waals surface area (Å²) in [7, 11) is 0. The first-order valence-electron chi connectivity index (χ1n) is 8.60. The highest BCUT2D eigenvalue weighted by molar-refractivity contribution is 9.09. The van der Waals surface area contributed by atoms with Gasteiger partial charge in [0.15, 0.2) is 5.43 Å². The van der Waals surface area contributed by atoms with E-state index in [1.807, 2.05) is 42.5 Å². The third kappa shape index (κ3) is 4.73. The van der Waals surface area contributed by atoms with Crippen LogP contribution in [0.5, 0.6) is 5.75 Å². The zero-order chi connectivity index (χ0) is 17.5. The first-order chi connectivity index (χ1) is 12.3. The molecular weight excluding hydrogens is 380 g/mol. The summed E-state index contributed by atoms with van der Waals surface area (Å²) in [6.45, 7) is 0.677. The minimum Gasteiger partial charge on any atom is -0.493 e. The molecule has 1 aromatic heterocycles. The lowest BCUT2D eigenvalue weighted by molar-refractivity contribution is 0.305. The molecule has 0 atom stereocenters. The van der Waals surface area contributed by atoms with Crippen LogP contribution < -0.4 is 10.2 Å². The summed E-state index contributed by atoms with van der Waals surface area (Å²) in [5, 5.41) is 1.63. The average molecular weight is 401 g/mol. The monoisotopic (exact) mass is 400 g/mol. The first-order valence-corrected chi connectivity index (χ1v) is 9.72. The van der Waals surface area contributed by atoms with Gasteiger partial charge in [0.2, 0.25) is 0 Å². The van der Waals surface area contributed by atoms with Gasteiger partial charge in [0.1, 0.15) is 17.1 Å². The van der Waals surface area contributed by atoms with E-state index < -0.39 is 0 Å². The van der Waals surface area contributed by atoms with Crippen molar-refractivity contribution < 1.29 is 9.15 Å². The van der Waals surface area contributed by atoms with Gasteiger partial charge < -0.3 is 9.15 Å². The Hall–Kier alpha value is -2.07. The zero-order valence-corrected chi connectivity index (χ0v) is 15.6. The minimum absolute atomic E-state index is 0.0403. The number of unbranched alkanes of at least 4 members (excludes halogenated alkanes) is 3. The summed E-state index contributed by atoms with van der Waals surface area (Å²) < 4.78 is 11.7. The molecule has 2 aromatic carbocycles. The SMILES string of the molecule is O=c1cc(-c2ccccc2)oc2cc(OCCCCCCBr)ccc12. The van der Waals surface area contributed by atoms with E-state index >= 15 is 0 Å². The predicted octanol–water partition coefficient (Wildman–Crippen LogP) is 5.79. The lowest BCUT2D eigenvalue weighted by atomic mass is 10.1. The standard InChI is InChI=1S/C21H21BrO3/c22-12-6-1-2-7-13-24-17-10-11-18-19(23)15-20(25-21(18)14-17)16-8-4-3-5-9-16/h3-5,8-11,14-15H,1-2,6-7,12-13H2. The summed E-state index contributed by atoms with van der Waals surface area (Å²) in [5.41, 5.74) is 1.41. The maximum absolute atomic E-state index is 12.3. The number of hydrogen-bond donors (Lipinski definition) is 0. The smallest absolute Gasteiger partial charge is 0.193 e. The Morgan fingerprint density at radius 3 is 2.52 bits per heavy atom. The number of benzene rings is 2. The van der Waals surface area contributed by atoms with E-state index in [2.05, 4.69) is 15.9 Å². The molecule has 0 spiro atoms. The van der Waals surface area contributed by atoms with Gasteiger partial charge >= 0.3 is 0 Å². The second-order valence-corrected chi connectivity index (χ2v) is 6.74. The summed E-state index contributed by atoms with van der Waals surface area (Å²) >= 11 is 3.44. The highest BCUT2D eigenvalue weighted by Gasteiger charge is 2.08. The van der Waals surface area contributed by atoms with E-state index in [0.29, 0.717) is 23.3 Å². The molecule has 0 aliphatic heterocycles. The molecule has 0 N–H and O–H groups in total. The highest BCUT2D eigenvalue weighted by atomic mass is 79.9. The Morgan fingerprint density at radius 1 is 0.920 bits per heavy atom. The quantitative estimate of drug-likeness (QED) is 0.354. The number of hydrogen-bond acceptors (Lipinski definition) is 3. The van der Waals surface area contributed by atoms with Crippen molar-refractivity contribution in [2.75, 3.05) is 11.9 Å². The second-order valence-electron chi connectivity index (χ2n) is 5.95. The van der Waals surface area contributed by atoms with Gasteiger partial charge in [-0.25, -0.2) is 0 Å². The maximum Gasteiger partial charge on any atom is 0.193 e. The number of rotatable bonds is 8.